The number of amides is 1. The molecule has 0 heterocycles. The maximum Gasteiger partial charge on any atom is 0.251 e. The van der Waals surface area contributed by atoms with Crippen molar-refractivity contribution in [3.63, 3.8) is 0 Å². The van der Waals surface area contributed by atoms with E-state index in [1.165, 1.54) is 18.2 Å². The van der Waals surface area contributed by atoms with Crippen LogP contribution >= 0.6 is 11.6 Å². The number of carbonyl (C=O) groups excluding carboxylic acids is 1. The number of phenolic OH excluding ortho intramolecular Hbond substituents is 2. The molecule has 0 saturated heterocycles. The molecule has 2 unspecified atom stereocenters. The summed E-state index contributed by atoms with van der Waals surface area (Å²) in [6, 6.07) is 4.05. The van der Waals surface area contributed by atoms with Crippen LogP contribution in [0.2, 0.25) is 0 Å². The Morgan fingerprint density at radius 2 is 2.00 bits per heavy atom. The number of halogens is 1. The van der Waals surface area contributed by atoms with E-state index in [2.05, 4.69) is 5.32 Å². The number of alkyl halides is 1. The second-order valence-electron chi connectivity index (χ2n) is 5.02. The minimum absolute atomic E-state index is 0.227. The van der Waals surface area contributed by atoms with Crippen molar-refractivity contribution in [2.75, 3.05) is 12.4 Å². The Kier molecular flexibility index (Phi) is 4.53. The Morgan fingerprint density at radius 3 is 2.68 bits per heavy atom. The van der Waals surface area contributed by atoms with Gasteiger partial charge in [0.05, 0.1) is 0 Å². The molecule has 1 aliphatic rings. The van der Waals surface area contributed by atoms with E-state index >= 15 is 0 Å². The van der Waals surface area contributed by atoms with Gasteiger partial charge in [-0.2, -0.15) is 0 Å². The fourth-order valence-electron chi connectivity index (χ4n) is 2.58. The average Bonchev–Trinajstić information content (AvgIpc) is 2.86. The van der Waals surface area contributed by atoms with Crippen LogP contribution in [0.3, 0.4) is 0 Å². The second kappa shape index (κ2) is 6.15. The van der Waals surface area contributed by atoms with Crippen LogP contribution in [0.4, 0.5) is 0 Å². The van der Waals surface area contributed by atoms with Gasteiger partial charge in [0, 0.05) is 18.0 Å². The highest BCUT2D eigenvalue weighted by Crippen LogP contribution is 2.32. The van der Waals surface area contributed by atoms with Gasteiger partial charge in [0.2, 0.25) is 0 Å². The first kappa shape index (κ1) is 14.0. The molecule has 1 saturated carbocycles. The van der Waals surface area contributed by atoms with Crippen molar-refractivity contribution in [2.24, 2.45) is 11.8 Å². The number of benzene rings is 1. The van der Waals surface area contributed by atoms with Crippen LogP contribution in [-0.2, 0) is 0 Å². The summed E-state index contributed by atoms with van der Waals surface area (Å²) in [5.41, 5.74) is 0.343. The van der Waals surface area contributed by atoms with Crippen molar-refractivity contribution >= 4 is 17.5 Å². The van der Waals surface area contributed by atoms with E-state index in [9.17, 15) is 15.0 Å². The second-order valence-corrected chi connectivity index (χ2v) is 5.33. The van der Waals surface area contributed by atoms with Gasteiger partial charge < -0.3 is 15.5 Å². The van der Waals surface area contributed by atoms with E-state index in [4.69, 9.17) is 11.6 Å². The lowest BCUT2D eigenvalue weighted by Gasteiger charge is -2.17. The number of phenols is 2. The van der Waals surface area contributed by atoms with E-state index in [0.717, 1.165) is 19.3 Å². The molecule has 2 rings (SSSR count). The maximum absolute atomic E-state index is 11.9. The lowest BCUT2D eigenvalue weighted by molar-refractivity contribution is 0.0944. The highest BCUT2D eigenvalue weighted by molar-refractivity contribution is 6.18. The third kappa shape index (κ3) is 3.32. The van der Waals surface area contributed by atoms with E-state index < -0.39 is 0 Å². The molecule has 19 heavy (non-hydrogen) atoms. The third-order valence-electron chi connectivity index (χ3n) is 3.78. The summed E-state index contributed by atoms with van der Waals surface area (Å²) >= 11 is 5.90. The molecule has 1 amide bonds. The first-order valence-corrected chi connectivity index (χ1v) is 7.01. The number of rotatable bonds is 4. The molecule has 2 atom stereocenters. The van der Waals surface area contributed by atoms with Crippen LogP contribution in [0.1, 0.15) is 29.6 Å². The molecular formula is C14H18ClNO3. The standard InChI is InChI=1S/C14H18ClNO3/c15-7-10-2-1-3-11(10)8-16-14(19)9-4-5-12(17)13(18)6-9/h4-6,10-11,17-18H,1-3,7-8H2,(H,16,19). The van der Waals surface area contributed by atoms with Crippen molar-refractivity contribution < 1.29 is 15.0 Å². The number of aromatic hydroxyl groups is 2. The van der Waals surface area contributed by atoms with E-state index in [0.29, 0.717) is 29.8 Å². The molecule has 3 N–H and O–H groups in total. The molecular weight excluding hydrogens is 266 g/mol. The predicted octanol–water partition coefficient (Wildman–Crippen LogP) is 2.48. The molecule has 104 valence electrons. The highest BCUT2D eigenvalue weighted by atomic mass is 35.5. The summed E-state index contributed by atoms with van der Waals surface area (Å²) in [6.45, 7) is 0.609. The minimum atomic E-state index is -0.285. The van der Waals surface area contributed by atoms with Crippen LogP contribution < -0.4 is 5.32 Å². The zero-order valence-corrected chi connectivity index (χ0v) is 11.4. The number of nitrogens with one attached hydrogen (secondary N) is 1. The molecule has 1 fully saturated rings. The van der Waals surface area contributed by atoms with Crippen LogP contribution in [0, 0.1) is 11.8 Å². The molecule has 1 aromatic carbocycles. The van der Waals surface area contributed by atoms with E-state index in [1.54, 1.807) is 0 Å². The number of carbonyl (C=O) groups is 1. The molecule has 0 bridgehead atoms. The van der Waals surface area contributed by atoms with Gasteiger partial charge >= 0.3 is 0 Å². The number of hydrogen-bond donors (Lipinski definition) is 3. The van der Waals surface area contributed by atoms with E-state index in [1.807, 2.05) is 0 Å². The lowest BCUT2D eigenvalue weighted by Crippen LogP contribution is -2.31. The fraction of sp³-hybridized carbons (Fsp3) is 0.500. The minimum Gasteiger partial charge on any atom is -0.504 e. The zero-order valence-electron chi connectivity index (χ0n) is 10.6. The van der Waals surface area contributed by atoms with Gasteiger partial charge in [-0.05, 0) is 42.9 Å². The molecule has 4 nitrogen and oxygen atoms in total. The van der Waals surface area contributed by atoms with Gasteiger partial charge in [-0.25, -0.2) is 0 Å². The molecule has 0 aliphatic heterocycles. The Labute approximate surface area is 117 Å². The summed E-state index contributed by atoms with van der Waals surface area (Å²) in [7, 11) is 0. The predicted molar refractivity (Wildman–Crippen MR) is 73.7 cm³/mol. The summed E-state index contributed by atoms with van der Waals surface area (Å²) < 4.78 is 0. The smallest absolute Gasteiger partial charge is 0.251 e. The Hall–Kier alpha value is -1.42. The molecule has 5 heteroatoms. The van der Waals surface area contributed by atoms with E-state index in [-0.39, 0.29) is 17.4 Å². The first-order valence-electron chi connectivity index (χ1n) is 6.48. The topological polar surface area (TPSA) is 69.6 Å². The Bertz CT molecular complexity index is 464. The summed E-state index contributed by atoms with van der Waals surface area (Å²) in [5, 5.41) is 21.4. The van der Waals surface area contributed by atoms with Crippen molar-refractivity contribution in [2.45, 2.75) is 19.3 Å². The van der Waals surface area contributed by atoms with Gasteiger partial charge in [0.15, 0.2) is 11.5 Å². The monoisotopic (exact) mass is 283 g/mol. The summed E-state index contributed by atoms with van der Waals surface area (Å²) in [5.74, 6) is 0.806. The Morgan fingerprint density at radius 1 is 1.26 bits per heavy atom. The van der Waals surface area contributed by atoms with Crippen molar-refractivity contribution in [1.82, 2.24) is 5.32 Å². The van der Waals surface area contributed by atoms with Gasteiger partial charge in [-0.15, -0.1) is 11.6 Å². The highest BCUT2D eigenvalue weighted by Gasteiger charge is 2.26. The SMILES string of the molecule is O=C(NCC1CCCC1CCl)c1ccc(O)c(O)c1. The Balaban J connectivity index is 1.92. The maximum atomic E-state index is 11.9. The van der Waals surface area contributed by atoms with Crippen LogP contribution in [0.25, 0.3) is 0 Å². The molecule has 0 aromatic heterocycles. The average molecular weight is 284 g/mol. The van der Waals surface area contributed by atoms with Gasteiger partial charge in [0.25, 0.3) is 5.91 Å². The number of hydrogen-bond acceptors (Lipinski definition) is 3. The quantitative estimate of drug-likeness (QED) is 0.587. The van der Waals surface area contributed by atoms with Gasteiger partial charge in [-0.3, -0.25) is 4.79 Å². The summed E-state index contributed by atoms with van der Waals surface area (Å²) in [4.78, 5) is 11.9. The zero-order chi connectivity index (χ0) is 13.8. The third-order valence-corrected chi connectivity index (χ3v) is 4.17. The van der Waals surface area contributed by atoms with Gasteiger partial charge in [0.1, 0.15) is 0 Å². The van der Waals surface area contributed by atoms with Crippen molar-refractivity contribution in [3.8, 4) is 11.5 Å². The van der Waals surface area contributed by atoms with Gasteiger partial charge in [-0.1, -0.05) is 6.42 Å². The molecule has 1 aliphatic carbocycles. The van der Waals surface area contributed by atoms with Crippen LogP contribution in [0.15, 0.2) is 18.2 Å². The van der Waals surface area contributed by atoms with Crippen LogP contribution in [0.5, 0.6) is 11.5 Å². The lowest BCUT2D eigenvalue weighted by atomic mass is 9.98. The summed E-state index contributed by atoms with van der Waals surface area (Å²) in [6.07, 6.45) is 3.39. The van der Waals surface area contributed by atoms with Crippen LogP contribution in [-0.4, -0.2) is 28.5 Å². The largest absolute Gasteiger partial charge is 0.504 e. The first-order chi connectivity index (χ1) is 9.11. The molecule has 0 radical (unpaired) electrons. The van der Waals surface area contributed by atoms with Crippen molar-refractivity contribution in [1.29, 1.82) is 0 Å². The molecule has 1 aromatic rings. The fourth-order valence-corrected chi connectivity index (χ4v) is 2.98. The normalized spacial score (nSPS) is 22.4. The molecule has 0 spiro atoms. The van der Waals surface area contributed by atoms with Crippen molar-refractivity contribution in [3.05, 3.63) is 23.8 Å².